The maximum Gasteiger partial charge on any atom is 0.236 e. The average Bonchev–Trinajstić information content (AvgIpc) is 2.34. The van der Waals surface area contributed by atoms with Crippen LogP contribution in [0.15, 0.2) is 0 Å². The minimum Gasteiger partial charge on any atom is -0.350 e. The molecule has 5 heteroatoms. The summed E-state index contributed by atoms with van der Waals surface area (Å²) < 4.78 is 0. The maximum absolute atomic E-state index is 12.5. The van der Waals surface area contributed by atoms with Gasteiger partial charge in [-0.3, -0.25) is 14.5 Å². The molecule has 5 nitrogen and oxygen atoms in total. The van der Waals surface area contributed by atoms with Crippen molar-refractivity contribution in [3.63, 3.8) is 0 Å². The van der Waals surface area contributed by atoms with Gasteiger partial charge in [0.05, 0.1) is 13.1 Å². The lowest BCUT2D eigenvalue weighted by atomic mass is 10.1. The second kappa shape index (κ2) is 9.13. The summed E-state index contributed by atoms with van der Waals surface area (Å²) in [6.07, 6.45) is 5.92. The van der Waals surface area contributed by atoms with Gasteiger partial charge in [-0.2, -0.15) is 0 Å². The SMILES string of the molecule is CCN(CC(=O)NC(C)(C)C)CC(=O)N1CCCCCCC1. The van der Waals surface area contributed by atoms with Gasteiger partial charge in [-0.25, -0.2) is 0 Å². The number of likely N-dealkylation sites (tertiary alicyclic amines) is 1. The smallest absolute Gasteiger partial charge is 0.236 e. The fraction of sp³-hybridized carbons (Fsp3) is 0.882. The van der Waals surface area contributed by atoms with Crippen LogP contribution in [-0.2, 0) is 9.59 Å². The monoisotopic (exact) mass is 311 g/mol. The molecule has 1 aliphatic rings. The molecule has 1 saturated heterocycles. The van der Waals surface area contributed by atoms with Crippen molar-refractivity contribution in [1.82, 2.24) is 15.1 Å². The van der Waals surface area contributed by atoms with E-state index in [4.69, 9.17) is 0 Å². The van der Waals surface area contributed by atoms with Crippen LogP contribution >= 0.6 is 0 Å². The molecule has 0 aromatic carbocycles. The molecule has 1 aliphatic heterocycles. The number of rotatable bonds is 5. The summed E-state index contributed by atoms with van der Waals surface area (Å²) in [7, 11) is 0. The van der Waals surface area contributed by atoms with Crippen LogP contribution in [0.25, 0.3) is 0 Å². The Bertz CT molecular complexity index is 355. The molecule has 0 unspecified atom stereocenters. The molecule has 1 heterocycles. The van der Waals surface area contributed by atoms with Crippen molar-refractivity contribution >= 4 is 11.8 Å². The lowest BCUT2D eigenvalue weighted by Crippen LogP contribution is -2.48. The number of amides is 2. The molecule has 1 fully saturated rings. The second-order valence-electron chi connectivity index (χ2n) is 7.25. The number of hydrogen-bond acceptors (Lipinski definition) is 3. The lowest BCUT2D eigenvalue weighted by Gasteiger charge is -2.29. The van der Waals surface area contributed by atoms with E-state index < -0.39 is 0 Å². The first kappa shape index (κ1) is 18.9. The molecule has 22 heavy (non-hydrogen) atoms. The molecule has 2 amide bonds. The van der Waals surface area contributed by atoms with Gasteiger partial charge in [0.15, 0.2) is 0 Å². The lowest BCUT2D eigenvalue weighted by molar-refractivity contribution is -0.133. The van der Waals surface area contributed by atoms with Gasteiger partial charge in [-0.05, 0) is 40.2 Å². The zero-order valence-electron chi connectivity index (χ0n) is 14.8. The van der Waals surface area contributed by atoms with Crippen LogP contribution in [0.3, 0.4) is 0 Å². The standard InChI is InChI=1S/C17H33N3O2/c1-5-19(13-15(21)18-17(2,3)4)14-16(22)20-11-9-7-6-8-10-12-20/h5-14H2,1-4H3,(H,18,21). The molecule has 0 bridgehead atoms. The van der Waals surface area contributed by atoms with Gasteiger partial charge in [0.1, 0.15) is 0 Å². The number of nitrogens with one attached hydrogen (secondary N) is 1. The Morgan fingerprint density at radius 2 is 1.55 bits per heavy atom. The molecule has 0 aromatic heterocycles. The summed E-state index contributed by atoms with van der Waals surface area (Å²) in [5.74, 6) is 0.141. The van der Waals surface area contributed by atoms with E-state index in [0.29, 0.717) is 13.1 Å². The summed E-state index contributed by atoms with van der Waals surface area (Å²) in [5.41, 5.74) is -0.233. The highest BCUT2D eigenvalue weighted by Gasteiger charge is 2.20. The predicted molar refractivity (Wildman–Crippen MR) is 89.7 cm³/mol. The number of hydrogen-bond donors (Lipinski definition) is 1. The largest absolute Gasteiger partial charge is 0.350 e. The van der Waals surface area contributed by atoms with E-state index in [1.807, 2.05) is 37.5 Å². The van der Waals surface area contributed by atoms with Crippen LogP contribution in [0, 0.1) is 0 Å². The Balaban J connectivity index is 2.46. The van der Waals surface area contributed by atoms with Gasteiger partial charge in [0.25, 0.3) is 0 Å². The average molecular weight is 311 g/mol. The Morgan fingerprint density at radius 3 is 2.05 bits per heavy atom. The fourth-order valence-corrected chi connectivity index (χ4v) is 2.73. The van der Waals surface area contributed by atoms with Crippen molar-refractivity contribution in [1.29, 1.82) is 0 Å². The highest BCUT2D eigenvalue weighted by Crippen LogP contribution is 2.11. The Morgan fingerprint density at radius 1 is 1.00 bits per heavy atom. The molecule has 0 radical (unpaired) electrons. The summed E-state index contributed by atoms with van der Waals surface area (Å²) in [6.45, 7) is 10.9. The number of carbonyl (C=O) groups is 2. The van der Waals surface area contributed by atoms with Crippen LogP contribution in [0.4, 0.5) is 0 Å². The third-order valence-corrected chi connectivity index (χ3v) is 3.90. The first-order valence-electron chi connectivity index (χ1n) is 8.63. The van der Waals surface area contributed by atoms with Crippen molar-refractivity contribution in [3.8, 4) is 0 Å². The van der Waals surface area contributed by atoms with Crippen LogP contribution < -0.4 is 5.32 Å². The van der Waals surface area contributed by atoms with E-state index in [0.717, 1.165) is 25.9 Å². The Labute approximate surface area is 135 Å². The van der Waals surface area contributed by atoms with Crippen molar-refractivity contribution in [2.75, 3.05) is 32.7 Å². The van der Waals surface area contributed by atoms with E-state index in [2.05, 4.69) is 5.32 Å². The molecular weight excluding hydrogens is 278 g/mol. The van der Waals surface area contributed by atoms with Crippen molar-refractivity contribution in [2.24, 2.45) is 0 Å². The molecule has 0 atom stereocenters. The highest BCUT2D eigenvalue weighted by molar-refractivity contribution is 5.81. The third-order valence-electron chi connectivity index (χ3n) is 3.90. The van der Waals surface area contributed by atoms with Gasteiger partial charge in [-0.1, -0.05) is 26.2 Å². The van der Waals surface area contributed by atoms with Crippen LogP contribution in [-0.4, -0.2) is 59.9 Å². The first-order valence-corrected chi connectivity index (χ1v) is 8.63. The molecule has 0 aliphatic carbocycles. The van der Waals surface area contributed by atoms with Crippen LogP contribution in [0.2, 0.25) is 0 Å². The van der Waals surface area contributed by atoms with Crippen molar-refractivity contribution in [3.05, 3.63) is 0 Å². The molecule has 0 aromatic rings. The third kappa shape index (κ3) is 7.78. The molecule has 0 spiro atoms. The molecule has 1 rings (SSSR count). The first-order chi connectivity index (χ1) is 10.3. The second-order valence-corrected chi connectivity index (χ2v) is 7.25. The Hall–Kier alpha value is -1.10. The minimum atomic E-state index is -0.233. The van der Waals surface area contributed by atoms with Gasteiger partial charge in [-0.15, -0.1) is 0 Å². The van der Waals surface area contributed by atoms with E-state index in [1.54, 1.807) is 0 Å². The summed E-state index contributed by atoms with van der Waals surface area (Å²) >= 11 is 0. The summed E-state index contributed by atoms with van der Waals surface area (Å²) in [4.78, 5) is 28.4. The van der Waals surface area contributed by atoms with E-state index >= 15 is 0 Å². The number of nitrogens with zero attached hydrogens (tertiary/aromatic N) is 2. The van der Waals surface area contributed by atoms with Gasteiger partial charge in [0, 0.05) is 18.6 Å². The molecule has 1 N–H and O–H groups in total. The van der Waals surface area contributed by atoms with Gasteiger partial charge in [0.2, 0.25) is 11.8 Å². The van der Waals surface area contributed by atoms with Crippen LogP contribution in [0.1, 0.15) is 59.8 Å². The molecule has 128 valence electrons. The van der Waals surface area contributed by atoms with Crippen molar-refractivity contribution < 1.29 is 9.59 Å². The minimum absolute atomic E-state index is 0.0187. The zero-order valence-corrected chi connectivity index (χ0v) is 14.8. The Kier molecular flexibility index (Phi) is 7.87. The van der Waals surface area contributed by atoms with Crippen molar-refractivity contribution in [2.45, 2.75) is 65.3 Å². The van der Waals surface area contributed by atoms with E-state index in [9.17, 15) is 9.59 Å². The quantitative estimate of drug-likeness (QED) is 0.845. The topological polar surface area (TPSA) is 52.7 Å². The molecular formula is C17H33N3O2. The normalized spacial score (nSPS) is 17.0. The summed E-state index contributed by atoms with van der Waals surface area (Å²) in [5, 5.41) is 2.95. The zero-order chi connectivity index (χ0) is 16.6. The van der Waals surface area contributed by atoms with E-state index in [-0.39, 0.29) is 23.9 Å². The van der Waals surface area contributed by atoms with E-state index in [1.165, 1.54) is 19.3 Å². The predicted octanol–water partition coefficient (Wildman–Crippen LogP) is 2.02. The highest BCUT2D eigenvalue weighted by atomic mass is 16.2. The number of carbonyl (C=O) groups excluding carboxylic acids is 2. The van der Waals surface area contributed by atoms with Gasteiger partial charge >= 0.3 is 0 Å². The fourth-order valence-electron chi connectivity index (χ4n) is 2.73. The molecule has 0 saturated carbocycles. The van der Waals surface area contributed by atoms with Gasteiger partial charge < -0.3 is 10.2 Å². The maximum atomic E-state index is 12.5. The number of likely N-dealkylation sites (N-methyl/N-ethyl adjacent to an activating group) is 1. The van der Waals surface area contributed by atoms with Crippen LogP contribution in [0.5, 0.6) is 0 Å². The summed E-state index contributed by atoms with van der Waals surface area (Å²) in [6, 6.07) is 0.